The molecule has 346 valence electrons. The molecule has 73 heavy (non-hydrogen) atoms. The van der Waals surface area contributed by atoms with E-state index in [-0.39, 0.29) is 5.41 Å². The van der Waals surface area contributed by atoms with Crippen LogP contribution in [-0.4, -0.2) is 4.57 Å². The SMILES string of the molecule is CC(C)(C)c1ccc(N(c2ccc(-c3ccc4c5ccccc5n(-c5ccc6c(c5)C(c5ccccc5)(c5ccccc5)c5ccccc5-6)c4c3)c3ccccc23)c2cc3ccccc3c3ccccc23)cc1. The highest BCUT2D eigenvalue weighted by Crippen LogP contribution is 2.57. The highest BCUT2D eigenvalue weighted by Gasteiger charge is 2.46. The fraction of sp³-hybridized carbons (Fsp3) is 0.0704. The van der Waals surface area contributed by atoms with Crippen LogP contribution in [0.1, 0.15) is 48.6 Å². The molecule has 0 amide bonds. The lowest BCUT2D eigenvalue weighted by Gasteiger charge is -2.34. The molecule has 0 atom stereocenters. The Bertz CT molecular complexity index is 4250. The highest BCUT2D eigenvalue weighted by molar-refractivity contribution is 6.17. The zero-order chi connectivity index (χ0) is 48.8. The first-order valence-electron chi connectivity index (χ1n) is 25.6. The predicted octanol–water partition coefficient (Wildman–Crippen LogP) is 19.0. The van der Waals surface area contributed by atoms with Crippen molar-refractivity contribution in [2.45, 2.75) is 31.6 Å². The molecule has 0 unspecified atom stereocenters. The third kappa shape index (κ3) is 6.57. The number of hydrogen-bond acceptors (Lipinski definition) is 1. The minimum Gasteiger partial charge on any atom is -0.309 e. The van der Waals surface area contributed by atoms with Gasteiger partial charge in [-0.2, -0.15) is 0 Å². The van der Waals surface area contributed by atoms with Crippen molar-refractivity contribution in [3.8, 4) is 27.9 Å². The molecular formula is C71H52N2. The van der Waals surface area contributed by atoms with Crippen molar-refractivity contribution in [3.63, 3.8) is 0 Å². The molecule has 1 aliphatic rings. The zero-order valence-corrected chi connectivity index (χ0v) is 41.2. The summed E-state index contributed by atoms with van der Waals surface area (Å²) in [6.07, 6.45) is 0. The molecule has 0 N–H and O–H groups in total. The molecular weight excluding hydrogens is 881 g/mol. The second-order valence-electron chi connectivity index (χ2n) is 20.8. The number of fused-ring (bicyclic) bond motifs is 10. The summed E-state index contributed by atoms with van der Waals surface area (Å²) in [5.41, 5.74) is 17.8. The molecule has 0 saturated heterocycles. The topological polar surface area (TPSA) is 8.17 Å². The van der Waals surface area contributed by atoms with Crippen LogP contribution in [0.4, 0.5) is 17.1 Å². The van der Waals surface area contributed by atoms with Gasteiger partial charge in [-0.25, -0.2) is 0 Å². The van der Waals surface area contributed by atoms with Crippen LogP contribution in [0.3, 0.4) is 0 Å². The van der Waals surface area contributed by atoms with Crippen molar-refractivity contribution in [3.05, 3.63) is 289 Å². The maximum Gasteiger partial charge on any atom is 0.0714 e. The summed E-state index contributed by atoms with van der Waals surface area (Å²) in [5.74, 6) is 0. The first-order chi connectivity index (χ1) is 35.9. The van der Waals surface area contributed by atoms with Gasteiger partial charge in [0.25, 0.3) is 0 Å². The van der Waals surface area contributed by atoms with E-state index in [0.29, 0.717) is 0 Å². The molecule has 2 heteroatoms. The van der Waals surface area contributed by atoms with E-state index in [1.165, 1.54) is 104 Å². The standard InChI is InChI=1S/C71H52N2/c1-70(2,3)49-35-37-52(38-36-49)72(68-44-47-20-10-11-25-54(47)56-26-13-15-30-61(56)68)67-43-42-55(57-27-12-14-29-60(57)67)48-34-40-63-62-31-17-19-33-66(62)73(69(63)45-48)53-39-41-59-58-28-16-18-32-64(58)71(65(59)46-53,50-21-6-4-7-22-50)51-23-8-5-9-24-51/h4-46H,1-3H3. The number of anilines is 3. The monoisotopic (exact) mass is 932 g/mol. The summed E-state index contributed by atoms with van der Waals surface area (Å²) >= 11 is 0. The van der Waals surface area contributed by atoms with Crippen LogP contribution in [0.2, 0.25) is 0 Å². The first kappa shape index (κ1) is 42.9. The lowest BCUT2D eigenvalue weighted by atomic mass is 9.67. The van der Waals surface area contributed by atoms with Gasteiger partial charge in [0.2, 0.25) is 0 Å². The minimum atomic E-state index is -0.503. The van der Waals surface area contributed by atoms with E-state index in [1.807, 2.05) is 0 Å². The van der Waals surface area contributed by atoms with Gasteiger partial charge in [-0.05, 0) is 126 Å². The number of benzene rings is 12. The van der Waals surface area contributed by atoms with E-state index in [2.05, 4.69) is 291 Å². The van der Waals surface area contributed by atoms with Crippen molar-refractivity contribution in [1.29, 1.82) is 0 Å². The van der Waals surface area contributed by atoms with Crippen LogP contribution in [0.15, 0.2) is 261 Å². The van der Waals surface area contributed by atoms with Crippen LogP contribution >= 0.6 is 0 Å². The second-order valence-corrected chi connectivity index (χ2v) is 20.8. The zero-order valence-electron chi connectivity index (χ0n) is 41.2. The second kappa shape index (κ2) is 16.6. The average molecular weight is 933 g/mol. The summed E-state index contributed by atoms with van der Waals surface area (Å²) in [4.78, 5) is 2.49. The molecule has 0 fully saturated rings. The first-order valence-corrected chi connectivity index (χ1v) is 25.6. The lowest BCUT2D eigenvalue weighted by Crippen LogP contribution is -2.28. The maximum absolute atomic E-state index is 2.50. The third-order valence-electron chi connectivity index (χ3n) is 15.8. The van der Waals surface area contributed by atoms with Crippen molar-refractivity contribution in [2.24, 2.45) is 0 Å². The molecule has 13 aromatic rings. The largest absolute Gasteiger partial charge is 0.309 e. The number of aromatic nitrogens is 1. The van der Waals surface area contributed by atoms with Crippen LogP contribution in [0, 0.1) is 0 Å². The Hall–Kier alpha value is -8.98. The fourth-order valence-corrected chi connectivity index (χ4v) is 12.5. The van der Waals surface area contributed by atoms with Crippen LogP contribution < -0.4 is 4.90 Å². The van der Waals surface area contributed by atoms with Crippen molar-refractivity contribution in [1.82, 2.24) is 4.57 Å². The van der Waals surface area contributed by atoms with Gasteiger partial charge in [-0.1, -0.05) is 233 Å². The van der Waals surface area contributed by atoms with Crippen LogP contribution in [0.5, 0.6) is 0 Å². The Morgan fingerprint density at radius 2 is 0.918 bits per heavy atom. The van der Waals surface area contributed by atoms with Gasteiger partial charge in [-0.3, -0.25) is 0 Å². The molecule has 14 rings (SSSR count). The fourth-order valence-electron chi connectivity index (χ4n) is 12.5. The molecule has 0 saturated carbocycles. The molecule has 0 spiro atoms. The van der Waals surface area contributed by atoms with Crippen molar-refractivity contribution >= 4 is 71.2 Å². The molecule has 1 heterocycles. The summed E-state index contributed by atoms with van der Waals surface area (Å²) in [6, 6.07) is 97.4. The van der Waals surface area contributed by atoms with Crippen molar-refractivity contribution < 1.29 is 0 Å². The van der Waals surface area contributed by atoms with Gasteiger partial charge in [0.05, 0.1) is 27.8 Å². The smallest absolute Gasteiger partial charge is 0.0714 e. The molecule has 12 aromatic carbocycles. The van der Waals surface area contributed by atoms with E-state index < -0.39 is 5.41 Å². The van der Waals surface area contributed by atoms with E-state index >= 15 is 0 Å². The van der Waals surface area contributed by atoms with Crippen molar-refractivity contribution in [2.75, 3.05) is 4.90 Å². The summed E-state index contributed by atoms with van der Waals surface area (Å²) < 4.78 is 2.50. The van der Waals surface area contributed by atoms with Gasteiger partial charge in [0.15, 0.2) is 0 Å². The van der Waals surface area contributed by atoms with E-state index in [1.54, 1.807) is 0 Å². The highest BCUT2D eigenvalue weighted by atomic mass is 15.1. The van der Waals surface area contributed by atoms with Gasteiger partial charge >= 0.3 is 0 Å². The van der Waals surface area contributed by atoms with Gasteiger partial charge < -0.3 is 9.47 Å². The van der Waals surface area contributed by atoms with E-state index in [9.17, 15) is 0 Å². The molecule has 1 aliphatic carbocycles. The Morgan fingerprint density at radius 1 is 0.356 bits per heavy atom. The van der Waals surface area contributed by atoms with Gasteiger partial charge in [0, 0.05) is 32.9 Å². The Labute approximate surface area is 426 Å². The van der Waals surface area contributed by atoms with E-state index in [0.717, 1.165) is 22.7 Å². The number of rotatable bonds is 7. The maximum atomic E-state index is 2.50. The number of nitrogens with zero attached hydrogens (tertiary/aromatic N) is 2. The molecule has 0 aliphatic heterocycles. The lowest BCUT2D eigenvalue weighted by molar-refractivity contribution is 0.590. The van der Waals surface area contributed by atoms with E-state index in [4.69, 9.17) is 0 Å². The summed E-state index contributed by atoms with van der Waals surface area (Å²) in [6.45, 7) is 6.85. The minimum absolute atomic E-state index is 0.0292. The normalized spacial score (nSPS) is 13.0. The molecule has 0 radical (unpaired) electrons. The quantitative estimate of drug-likeness (QED) is 0.145. The Morgan fingerprint density at radius 3 is 1.64 bits per heavy atom. The van der Waals surface area contributed by atoms with Crippen LogP contribution in [0.25, 0.3) is 82.1 Å². The third-order valence-corrected chi connectivity index (χ3v) is 15.8. The average Bonchev–Trinajstić information content (AvgIpc) is 3.94. The molecule has 2 nitrogen and oxygen atoms in total. The predicted molar refractivity (Wildman–Crippen MR) is 309 cm³/mol. The number of para-hydroxylation sites is 1. The summed E-state index contributed by atoms with van der Waals surface area (Å²) in [7, 11) is 0. The number of hydrogen-bond donors (Lipinski definition) is 0. The summed E-state index contributed by atoms with van der Waals surface area (Å²) in [5, 5.41) is 9.80. The Balaban J connectivity index is 0.978. The van der Waals surface area contributed by atoms with Gasteiger partial charge in [-0.15, -0.1) is 0 Å². The molecule has 0 bridgehead atoms. The Kier molecular flexibility index (Phi) is 9.72. The van der Waals surface area contributed by atoms with Crippen LogP contribution in [-0.2, 0) is 10.8 Å². The molecule has 1 aromatic heterocycles. The van der Waals surface area contributed by atoms with Gasteiger partial charge in [0.1, 0.15) is 0 Å².